The highest BCUT2D eigenvalue weighted by molar-refractivity contribution is 5.69. The Morgan fingerprint density at radius 3 is 1.46 bits per heavy atom. The number of hydrogen-bond donors (Lipinski definition) is 5. The zero-order valence-corrected chi connectivity index (χ0v) is 29.2. The van der Waals surface area contributed by atoms with Gasteiger partial charge in [0, 0.05) is 51.9 Å². The maximum Gasteiger partial charge on any atom is 0.124 e. The van der Waals surface area contributed by atoms with E-state index in [2.05, 4.69) is 173 Å². The van der Waals surface area contributed by atoms with Gasteiger partial charge in [-0.05, 0) is 134 Å². The first-order chi connectivity index (χ1) is 22.9. The Bertz CT molecular complexity index is 1800. The molecule has 1 atom stereocenters. The van der Waals surface area contributed by atoms with E-state index in [9.17, 15) is 5.11 Å². The number of nitrogens with one attached hydrogen (secondary N) is 4. The zero-order valence-electron chi connectivity index (χ0n) is 29.2. The highest BCUT2D eigenvalue weighted by Gasteiger charge is 2.20. The van der Waals surface area contributed by atoms with Crippen molar-refractivity contribution in [2.45, 2.75) is 66.3 Å². The van der Waals surface area contributed by atoms with Gasteiger partial charge in [0.15, 0.2) is 0 Å². The molecule has 0 bridgehead atoms. The minimum atomic E-state index is -0.117. The number of phenols is 1. The number of rotatable bonds is 13. The fourth-order valence-electron chi connectivity index (χ4n) is 6.00. The van der Waals surface area contributed by atoms with Crippen LogP contribution in [-0.4, -0.2) is 5.11 Å². The molecule has 5 N–H and O–H groups in total. The second kappa shape index (κ2) is 15.2. The summed E-state index contributed by atoms with van der Waals surface area (Å²) in [6, 6.07) is 37.7. The largest absolute Gasteiger partial charge is 0.507 e. The first kappa shape index (κ1) is 34.2. The van der Waals surface area contributed by atoms with E-state index in [0.717, 1.165) is 69.3 Å². The minimum absolute atomic E-state index is 0.117. The van der Waals surface area contributed by atoms with Crippen LogP contribution in [0.4, 0.5) is 39.8 Å². The van der Waals surface area contributed by atoms with Crippen molar-refractivity contribution in [3.05, 3.63) is 144 Å². The van der Waals surface area contributed by atoms with Crippen LogP contribution in [0.1, 0.15) is 63.3 Å². The Hall–Kier alpha value is -5.16. The van der Waals surface area contributed by atoms with Crippen LogP contribution in [0.15, 0.2) is 121 Å². The Balaban J connectivity index is 1.10. The van der Waals surface area contributed by atoms with Gasteiger partial charge in [-0.15, -0.1) is 6.58 Å². The van der Waals surface area contributed by atoms with Crippen molar-refractivity contribution < 1.29 is 5.11 Å². The highest BCUT2D eigenvalue weighted by atomic mass is 16.3. The van der Waals surface area contributed by atoms with Gasteiger partial charge in [0.1, 0.15) is 5.75 Å². The third-order valence-electron chi connectivity index (χ3n) is 8.38. The second-order valence-corrected chi connectivity index (χ2v) is 14.2. The molecule has 5 nitrogen and oxygen atoms in total. The fraction of sp³-hybridized carbons (Fsp3) is 0.256. The fourth-order valence-corrected chi connectivity index (χ4v) is 6.00. The van der Waals surface area contributed by atoms with Gasteiger partial charge in [-0.1, -0.05) is 63.1 Å². The summed E-state index contributed by atoms with van der Waals surface area (Å²) in [4.78, 5) is 0. The third kappa shape index (κ3) is 9.68. The average Bonchev–Trinajstić information content (AvgIpc) is 3.04. The summed E-state index contributed by atoms with van der Waals surface area (Å²) in [6.07, 6.45) is 2.13. The predicted octanol–water partition coefficient (Wildman–Crippen LogP) is 12.0. The molecule has 0 aliphatic carbocycles. The number of benzene rings is 5. The highest BCUT2D eigenvalue weighted by Crippen LogP contribution is 2.35. The lowest BCUT2D eigenvalue weighted by Gasteiger charge is -2.23. The molecule has 48 heavy (non-hydrogen) atoms. The normalized spacial score (nSPS) is 11.9. The Morgan fingerprint density at radius 2 is 1.06 bits per heavy atom. The number of allylic oxidation sites excluding steroid dienone is 1. The van der Waals surface area contributed by atoms with E-state index in [1.165, 1.54) is 11.1 Å². The van der Waals surface area contributed by atoms with Gasteiger partial charge < -0.3 is 26.4 Å². The molecule has 0 saturated carbocycles. The maximum atomic E-state index is 10.9. The van der Waals surface area contributed by atoms with Crippen LogP contribution in [0, 0.1) is 12.8 Å². The van der Waals surface area contributed by atoms with Crippen LogP contribution in [-0.2, 0) is 18.4 Å². The van der Waals surface area contributed by atoms with E-state index in [-0.39, 0.29) is 5.41 Å². The smallest absolute Gasteiger partial charge is 0.124 e. The van der Waals surface area contributed by atoms with Gasteiger partial charge in [-0.3, -0.25) is 0 Å². The molecule has 0 aromatic heterocycles. The van der Waals surface area contributed by atoms with Crippen LogP contribution in [0.5, 0.6) is 5.75 Å². The lowest BCUT2D eigenvalue weighted by Crippen LogP contribution is -2.13. The summed E-state index contributed by atoms with van der Waals surface area (Å²) >= 11 is 0. The van der Waals surface area contributed by atoms with Crippen LogP contribution in [0.3, 0.4) is 0 Å². The van der Waals surface area contributed by atoms with Gasteiger partial charge in [0.2, 0.25) is 0 Å². The standard InChI is InChI=1S/C43H50N4O/c1-29(2)24-30(3)25-32-8-10-35(11-9-32)45-37-16-18-39(19-17-37)47-40-22-20-38(21-23-40)46-36-14-12-34(13-15-36)44-28-33-26-31(4)27-41(42(33)48)43(5,6)7/h8-23,26-27,30,44-48H,1,24-25,28H2,2-7H3. The van der Waals surface area contributed by atoms with Crippen molar-refractivity contribution >= 4 is 39.8 Å². The van der Waals surface area contributed by atoms with Gasteiger partial charge >= 0.3 is 0 Å². The molecular weight excluding hydrogens is 589 g/mol. The monoisotopic (exact) mass is 638 g/mol. The van der Waals surface area contributed by atoms with Crippen LogP contribution in [0.2, 0.25) is 0 Å². The van der Waals surface area contributed by atoms with Crippen LogP contribution >= 0.6 is 0 Å². The van der Waals surface area contributed by atoms with E-state index in [0.29, 0.717) is 18.2 Å². The topological polar surface area (TPSA) is 68.3 Å². The summed E-state index contributed by atoms with van der Waals surface area (Å²) in [6.45, 7) is 17.4. The molecule has 0 heterocycles. The number of phenolic OH excluding ortho intramolecular Hbond substituents is 1. The molecular formula is C43H50N4O. The molecule has 0 radical (unpaired) electrons. The van der Waals surface area contributed by atoms with Gasteiger partial charge in [0.05, 0.1) is 0 Å². The summed E-state index contributed by atoms with van der Waals surface area (Å²) in [5.74, 6) is 0.980. The molecule has 5 heteroatoms. The van der Waals surface area contributed by atoms with Gasteiger partial charge in [-0.25, -0.2) is 0 Å². The second-order valence-electron chi connectivity index (χ2n) is 14.2. The van der Waals surface area contributed by atoms with Crippen molar-refractivity contribution in [3.63, 3.8) is 0 Å². The Labute approximate surface area is 287 Å². The van der Waals surface area contributed by atoms with Gasteiger partial charge in [-0.2, -0.15) is 0 Å². The van der Waals surface area contributed by atoms with Crippen molar-refractivity contribution in [2.24, 2.45) is 5.92 Å². The lowest BCUT2D eigenvalue weighted by molar-refractivity contribution is 0.441. The number of aryl methyl sites for hydroxylation is 1. The first-order valence-electron chi connectivity index (χ1n) is 16.8. The molecule has 0 amide bonds. The zero-order chi connectivity index (χ0) is 34.3. The Morgan fingerprint density at radius 1 is 0.667 bits per heavy atom. The summed E-state index contributed by atoms with van der Waals surface area (Å²) in [5, 5.41) is 24.8. The number of anilines is 7. The van der Waals surface area contributed by atoms with Crippen LogP contribution in [0.25, 0.3) is 0 Å². The van der Waals surface area contributed by atoms with Gasteiger partial charge in [0.25, 0.3) is 0 Å². The van der Waals surface area contributed by atoms with Crippen molar-refractivity contribution in [1.82, 2.24) is 0 Å². The molecule has 0 fully saturated rings. The van der Waals surface area contributed by atoms with E-state index in [1.807, 2.05) is 6.07 Å². The van der Waals surface area contributed by atoms with Crippen molar-refractivity contribution in [2.75, 3.05) is 21.3 Å². The molecule has 0 aliphatic heterocycles. The quantitative estimate of drug-likeness (QED) is 0.0830. The van der Waals surface area contributed by atoms with Crippen molar-refractivity contribution in [3.8, 4) is 5.75 Å². The molecule has 1 unspecified atom stereocenters. The maximum absolute atomic E-state index is 10.9. The summed E-state index contributed by atoms with van der Waals surface area (Å²) in [7, 11) is 0. The molecule has 0 aliphatic rings. The summed E-state index contributed by atoms with van der Waals surface area (Å²) in [5.41, 5.74) is 12.7. The number of aromatic hydroxyl groups is 1. The van der Waals surface area contributed by atoms with E-state index < -0.39 is 0 Å². The average molecular weight is 639 g/mol. The van der Waals surface area contributed by atoms with Crippen LogP contribution < -0.4 is 21.3 Å². The van der Waals surface area contributed by atoms with E-state index >= 15 is 0 Å². The lowest BCUT2D eigenvalue weighted by atomic mass is 9.84. The number of hydrogen-bond acceptors (Lipinski definition) is 5. The summed E-state index contributed by atoms with van der Waals surface area (Å²) < 4.78 is 0. The molecule has 5 aromatic carbocycles. The Kier molecular flexibility index (Phi) is 10.8. The molecule has 5 aromatic rings. The molecule has 0 spiro atoms. The van der Waals surface area contributed by atoms with Crippen molar-refractivity contribution in [1.29, 1.82) is 0 Å². The van der Waals surface area contributed by atoms with E-state index in [1.54, 1.807) is 0 Å². The molecule has 248 valence electrons. The molecule has 0 saturated heterocycles. The van der Waals surface area contributed by atoms with E-state index in [4.69, 9.17) is 0 Å². The first-order valence-corrected chi connectivity index (χ1v) is 16.8. The minimum Gasteiger partial charge on any atom is -0.507 e. The predicted molar refractivity (Wildman–Crippen MR) is 207 cm³/mol. The third-order valence-corrected chi connectivity index (χ3v) is 8.38. The SMILES string of the molecule is C=C(C)CC(C)Cc1ccc(Nc2ccc(Nc3ccc(Nc4ccc(NCc5cc(C)cc(C(C)(C)C)c5O)cc4)cc3)cc2)cc1. The molecule has 5 rings (SSSR count).